The largest absolute Gasteiger partial charge is 0.494 e. The fraction of sp³-hybridized carbons (Fsp3) is 0.192. The molecule has 3 aromatic carbocycles. The van der Waals surface area contributed by atoms with Crippen molar-refractivity contribution in [2.24, 2.45) is 0 Å². The number of ether oxygens (including phenoxy) is 1. The standard InChI is InChI=1S/C26H25N3O3S2/c1-4-32-21-11-8-19(9-12-21)27-24(30)17(3)33-26-29-22-13-10-20(15-23(22)34-26)28-25(31)18-7-5-6-16(2)14-18/h5-15,17H,4H2,1-3H3,(H,27,30)(H,28,31). The van der Waals surface area contributed by atoms with E-state index in [0.717, 1.165) is 31.6 Å². The van der Waals surface area contributed by atoms with Crippen LogP contribution in [0.2, 0.25) is 0 Å². The summed E-state index contributed by atoms with van der Waals surface area (Å²) in [5.41, 5.74) is 3.92. The van der Waals surface area contributed by atoms with Gasteiger partial charge in [0.1, 0.15) is 5.75 Å². The molecule has 0 fully saturated rings. The third-order valence-corrected chi connectivity index (χ3v) is 7.20. The lowest BCUT2D eigenvalue weighted by Crippen LogP contribution is -2.22. The number of fused-ring (bicyclic) bond motifs is 1. The first-order valence-corrected chi connectivity index (χ1v) is 12.6. The van der Waals surface area contributed by atoms with Gasteiger partial charge in [0.15, 0.2) is 4.34 Å². The number of nitrogens with zero attached hydrogens (tertiary/aromatic N) is 1. The molecule has 0 saturated heterocycles. The van der Waals surface area contributed by atoms with Crippen molar-refractivity contribution in [1.29, 1.82) is 0 Å². The van der Waals surface area contributed by atoms with E-state index in [2.05, 4.69) is 15.6 Å². The van der Waals surface area contributed by atoms with Crippen LogP contribution in [-0.2, 0) is 4.79 Å². The number of benzene rings is 3. The van der Waals surface area contributed by atoms with Crippen LogP contribution in [0.15, 0.2) is 71.1 Å². The molecule has 4 rings (SSSR count). The summed E-state index contributed by atoms with van der Waals surface area (Å²) < 4.78 is 7.18. The molecule has 0 bridgehead atoms. The van der Waals surface area contributed by atoms with Crippen molar-refractivity contribution < 1.29 is 14.3 Å². The molecule has 0 aliphatic carbocycles. The molecule has 1 unspecified atom stereocenters. The molecule has 1 heterocycles. The van der Waals surface area contributed by atoms with Gasteiger partial charge in [-0.2, -0.15) is 0 Å². The van der Waals surface area contributed by atoms with Gasteiger partial charge in [0, 0.05) is 16.9 Å². The Labute approximate surface area is 206 Å². The summed E-state index contributed by atoms with van der Waals surface area (Å²) >= 11 is 2.91. The fourth-order valence-corrected chi connectivity index (χ4v) is 5.52. The molecule has 2 N–H and O–H groups in total. The molecular weight excluding hydrogens is 466 g/mol. The highest BCUT2D eigenvalue weighted by atomic mass is 32.2. The quantitative estimate of drug-likeness (QED) is 0.280. The smallest absolute Gasteiger partial charge is 0.255 e. The van der Waals surface area contributed by atoms with Crippen LogP contribution >= 0.6 is 23.1 Å². The van der Waals surface area contributed by atoms with E-state index in [4.69, 9.17) is 4.74 Å². The van der Waals surface area contributed by atoms with Crippen molar-refractivity contribution in [3.8, 4) is 5.75 Å². The van der Waals surface area contributed by atoms with Crippen LogP contribution < -0.4 is 15.4 Å². The van der Waals surface area contributed by atoms with E-state index in [1.165, 1.54) is 23.1 Å². The van der Waals surface area contributed by atoms with Crippen LogP contribution in [0.3, 0.4) is 0 Å². The topological polar surface area (TPSA) is 80.3 Å². The Morgan fingerprint density at radius 2 is 1.79 bits per heavy atom. The molecule has 2 amide bonds. The minimum atomic E-state index is -0.326. The Kier molecular flexibility index (Phi) is 7.49. The average molecular weight is 492 g/mol. The first kappa shape index (κ1) is 23.8. The predicted octanol–water partition coefficient (Wildman–Crippen LogP) is 6.38. The molecule has 0 radical (unpaired) electrons. The molecule has 1 atom stereocenters. The van der Waals surface area contributed by atoms with Gasteiger partial charge in [-0.15, -0.1) is 11.3 Å². The second kappa shape index (κ2) is 10.7. The van der Waals surface area contributed by atoms with Crippen molar-refractivity contribution in [3.05, 3.63) is 77.9 Å². The van der Waals surface area contributed by atoms with E-state index in [0.29, 0.717) is 17.9 Å². The predicted molar refractivity (Wildman–Crippen MR) is 140 cm³/mol. The lowest BCUT2D eigenvalue weighted by atomic mass is 10.1. The second-order valence-electron chi connectivity index (χ2n) is 7.69. The third-order valence-electron chi connectivity index (χ3n) is 4.99. The Morgan fingerprint density at radius 3 is 2.53 bits per heavy atom. The monoisotopic (exact) mass is 491 g/mol. The molecular formula is C26H25N3O3S2. The van der Waals surface area contributed by atoms with E-state index < -0.39 is 0 Å². The molecule has 0 aliphatic rings. The van der Waals surface area contributed by atoms with E-state index in [-0.39, 0.29) is 17.1 Å². The molecule has 6 nitrogen and oxygen atoms in total. The maximum absolute atomic E-state index is 12.6. The van der Waals surface area contributed by atoms with Crippen LogP contribution in [0, 0.1) is 6.92 Å². The van der Waals surface area contributed by atoms with Gasteiger partial charge < -0.3 is 15.4 Å². The van der Waals surface area contributed by atoms with Crippen molar-refractivity contribution in [1.82, 2.24) is 4.98 Å². The molecule has 0 spiro atoms. The van der Waals surface area contributed by atoms with Gasteiger partial charge in [-0.05, 0) is 75.4 Å². The number of nitrogens with one attached hydrogen (secondary N) is 2. The highest BCUT2D eigenvalue weighted by Gasteiger charge is 2.17. The zero-order valence-electron chi connectivity index (χ0n) is 19.1. The number of amides is 2. The Hall–Kier alpha value is -3.36. The number of hydrogen-bond donors (Lipinski definition) is 2. The van der Waals surface area contributed by atoms with Gasteiger partial charge in [0.25, 0.3) is 5.91 Å². The average Bonchev–Trinajstić information content (AvgIpc) is 3.22. The minimum Gasteiger partial charge on any atom is -0.494 e. The molecule has 0 aliphatic heterocycles. The zero-order chi connectivity index (χ0) is 24.1. The summed E-state index contributed by atoms with van der Waals surface area (Å²) in [6, 6.07) is 20.4. The summed E-state index contributed by atoms with van der Waals surface area (Å²) in [5, 5.41) is 5.55. The van der Waals surface area contributed by atoms with Gasteiger partial charge in [-0.1, -0.05) is 29.5 Å². The molecule has 1 aromatic heterocycles. The lowest BCUT2D eigenvalue weighted by Gasteiger charge is -2.11. The third kappa shape index (κ3) is 5.95. The molecule has 174 valence electrons. The Bertz CT molecular complexity index is 1320. The summed E-state index contributed by atoms with van der Waals surface area (Å²) in [4.78, 5) is 29.8. The van der Waals surface area contributed by atoms with Gasteiger partial charge in [0.05, 0.1) is 22.1 Å². The van der Waals surface area contributed by atoms with Crippen molar-refractivity contribution in [2.45, 2.75) is 30.4 Å². The molecule has 34 heavy (non-hydrogen) atoms. The lowest BCUT2D eigenvalue weighted by molar-refractivity contribution is -0.115. The molecule has 0 saturated carbocycles. The van der Waals surface area contributed by atoms with Crippen LogP contribution in [-0.4, -0.2) is 28.7 Å². The highest BCUT2D eigenvalue weighted by molar-refractivity contribution is 8.02. The number of aryl methyl sites for hydroxylation is 1. The summed E-state index contributed by atoms with van der Waals surface area (Å²) in [7, 11) is 0. The van der Waals surface area contributed by atoms with E-state index in [1.54, 1.807) is 6.07 Å². The van der Waals surface area contributed by atoms with Gasteiger partial charge in [-0.3, -0.25) is 9.59 Å². The first-order chi connectivity index (χ1) is 16.4. The summed E-state index contributed by atoms with van der Waals surface area (Å²) in [6.45, 7) is 6.34. The van der Waals surface area contributed by atoms with Crippen molar-refractivity contribution in [3.63, 3.8) is 0 Å². The van der Waals surface area contributed by atoms with E-state index in [1.807, 2.05) is 81.4 Å². The number of carbonyl (C=O) groups is 2. The summed E-state index contributed by atoms with van der Waals surface area (Å²) in [5.74, 6) is 0.521. The SMILES string of the molecule is CCOc1ccc(NC(=O)C(C)Sc2nc3ccc(NC(=O)c4cccc(C)c4)cc3s2)cc1. The van der Waals surface area contributed by atoms with Gasteiger partial charge in [-0.25, -0.2) is 4.98 Å². The maximum atomic E-state index is 12.6. The number of thiazole rings is 1. The van der Waals surface area contributed by atoms with Crippen LogP contribution in [0.1, 0.15) is 29.8 Å². The van der Waals surface area contributed by atoms with E-state index >= 15 is 0 Å². The van der Waals surface area contributed by atoms with Crippen LogP contribution in [0.5, 0.6) is 5.75 Å². The van der Waals surface area contributed by atoms with Crippen LogP contribution in [0.25, 0.3) is 10.2 Å². The number of anilines is 2. The number of rotatable bonds is 8. The van der Waals surface area contributed by atoms with E-state index in [9.17, 15) is 9.59 Å². The maximum Gasteiger partial charge on any atom is 0.255 e. The van der Waals surface area contributed by atoms with Gasteiger partial charge >= 0.3 is 0 Å². The summed E-state index contributed by atoms with van der Waals surface area (Å²) in [6.07, 6.45) is 0. The normalized spacial score (nSPS) is 11.7. The zero-order valence-corrected chi connectivity index (χ0v) is 20.8. The Balaban J connectivity index is 1.39. The number of carbonyl (C=O) groups excluding carboxylic acids is 2. The van der Waals surface area contributed by atoms with Gasteiger partial charge in [0.2, 0.25) is 5.91 Å². The molecule has 4 aromatic rings. The Morgan fingerprint density at radius 1 is 1.03 bits per heavy atom. The number of thioether (sulfide) groups is 1. The highest BCUT2D eigenvalue weighted by Crippen LogP contribution is 2.34. The second-order valence-corrected chi connectivity index (χ2v) is 10.3. The minimum absolute atomic E-state index is 0.0977. The number of hydrogen-bond acceptors (Lipinski definition) is 6. The number of aromatic nitrogens is 1. The van der Waals surface area contributed by atoms with Crippen LogP contribution in [0.4, 0.5) is 11.4 Å². The van der Waals surface area contributed by atoms with Crippen molar-refractivity contribution >= 4 is 56.5 Å². The molecule has 8 heteroatoms. The van der Waals surface area contributed by atoms with Crippen molar-refractivity contribution in [2.75, 3.05) is 17.2 Å². The fourth-order valence-electron chi connectivity index (χ4n) is 3.27. The first-order valence-electron chi connectivity index (χ1n) is 10.9.